The number of halogens is 1. The lowest BCUT2D eigenvalue weighted by atomic mass is 10.2. The first-order valence-electron chi connectivity index (χ1n) is 18.8. The molecule has 5 heterocycles. The standard InChI is InChI=1S/C24H26N6O4.C18H19ClN4O3/c1-5-34-24(32)20-14-25-22-19(29(3)15-16-8-10-17(33-4)11-9-16)13-21(27-30(20)22)26-18-7-6-12-28(2)23(18)31;1-4-26-18(24)15-10-20-17-14(9-16(19)21-23(15)17)22(2)11-12-5-7-13(25-3)8-6-12/h6-14H,5,15H2,1-4H3,(H,26,27);5-10H,4,11H2,1-3H3. The van der Waals surface area contributed by atoms with E-state index in [9.17, 15) is 14.4 Å². The Bertz CT molecular complexity index is 2660. The van der Waals surface area contributed by atoms with Gasteiger partial charge in [0, 0.05) is 52.6 Å². The maximum Gasteiger partial charge on any atom is 0.358 e. The molecule has 5 aromatic heterocycles. The molecule has 0 saturated heterocycles. The number of nitrogens with one attached hydrogen (secondary N) is 1. The molecule has 0 unspecified atom stereocenters. The molecule has 0 bridgehead atoms. The van der Waals surface area contributed by atoms with Gasteiger partial charge in [0.2, 0.25) is 0 Å². The number of hydrogen-bond donors (Lipinski definition) is 1. The van der Waals surface area contributed by atoms with Gasteiger partial charge in [0.25, 0.3) is 5.56 Å². The molecule has 0 saturated carbocycles. The first-order chi connectivity index (χ1) is 28.9. The van der Waals surface area contributed by atoms with Gasteiger partial charge in [-0.05, 0) is 61.4 Å². The predicted octanol–water partition coefficient (Wildman–Crippen LogP) is 6.20. The van der Waals surface area contributed by atoms with Crippen LogP contribution in [0.15, 0.2) is 96.2 Å². The zero-order valence-electron chi connectivity index (χ0n) is 34.2. The van der Waals surface area contributed by atoms with Gasteiger partial charge in [0.05, 0.1) is 51.2 Å². The zero-order chi connectivity index (χ0) is 42.9. The van der Waals surface area contributed by atoms with Crippen molar-refractivity contribution < 1.29 is 28.5 Å². The largest absolute Gasteiger partial charge is 0.497 e. The first kappa shape index (κ1) is 42.5. The lowest BCUT2D eigenvalue weighted by molar-refractivity contribution is 0.0507. The highest BCUT2D eigenvalue weighted by atomic mass is 35.5. The molecule has 0 amide bonds. The SMILES string of the molecule is CCOC(=O)c1cnc2c(N(C)Cc3ccc(OC)cc3)cc(Cl)nn12.CCOC(=O)c1cnc2c(N(C)Cc3ccc(OC)cc3)cc(Nc3cccn(C)c3=O)nn12. The number of hydrogen-bond acceptors (Lipinski definition) is 14. The van der Waals surface area contributed by atoms with Crippen molar-refractivity contribution in [1.82, 2.24) is 33.8 Å². The van der Waals surface area contributed by atoms with E-state index in [1.165, 1.54) is 26.0 Å². The van der Waals surface area contributed by atoms with E-state index in [0.29, 0.717) is 35.9 Å². The minimum atomic E-state index is -0.529. The van der Waals surface area contributed by atoms with E-state index in [2.05, 4.69) is 25.5 Å². The van der Waals surface area contributed by atoms with Crippen LogP contribution < -0.4 is 30.1 Å². The highest BCUT2D eigenvalue weighted by molar-refractivity contribution is 6.29. The number of fused-ring (bicyclic) bond motifs is 2. The highest BCUT2D eigenvalue weighted by Crippen LogP contribution is 2.28. The summed E-state index contributed by atoms with van der Waals surface area (Å²) in [5, 5.41) is 12.1. The minimum Gasteiger partial charge on any atom is -0.497 e. The Morgan fingerprint density at radius 2 is 1.22 bits per heavy atom. The molecule has 0 aliphatic rings. The summed E-state index contributed by atoms with van der Waals surface area (Å²) in [5.41, 5.74) is 5.25. The number of imidazole rings is 2. The Kier molecular flexibility index (Phi) is 13.5. The number of ether oxygens (including phenoxy) is 4. The number of aryl methyl sites for hydroxylation is 1. The second kappa shape index (κ2) is 19.1. The molecular formula is C42H45ClN10O7. The van der Waals surface area contributed by atoms with Crippen molar-refractivity contribution in [3.63, 3.8) is 0 Å². The van der Waals surface area contributed by atoms with Crippen LogP contribution in [0.5, 0.6) is 11.5 Å². The van der Waals surface area contributed by atoms with Crippen molar-refractivity contribution >= 4 is 57.7 Å². The fourth-order valence-corrected chi connectivity index (χ4v) is 6.38. The molecule has 0 spiro atoms. The van der Waals surface area contributed by atoms with E-state index < -0.39 is 11.9 Å². The summed E-state index contributed by atoms with van der Waals surface area (Å²) in [7, 11) is 8.78. The van der Waals surface area contributed by atoms with Crippen LogP contribution in [0.2, 0.25) is 5.15 Å². The second-order valence-corrected chi connectivity index (χ2v) is 13.7. The smallest absolute Gasteiger partial charge is 0.358 e. The van der Waals surface area contributed by atoms with E-state index in [0.717, 1.165) is 34.0 Å². The van der Waals surface area contributed by atoms with Gasteiger partial charge < -0.3 is 38.6 Å². The van der Waals surface area contributed by atoms with Crippen LogP contribution in [-0.4, -0.2) is 87.2 Å². The van der Waals surface area contributed by atoms with E-state index in [1.54, 1.807) is 65.6 Å². The number of carbonyl (C=O) groups is 2. The maximum absolute atomic E-state index is 12.5. The lowest BCUT2D eigenvalue weighted by Gasteiger charge is -2.21. The number of aromatic nitrogens is 7. The van der Waals surface area contributed by atoms with E-state index in [-0.39, 0.29) is 35.3 Å². The van der Waals surface area contributed by atoms with Gasteiger partial charge in [0.1, 0.15) is 17.2 Å². The molecule has 0 atom stereocenters. The molecule has 312 valence electrons. The topological polar surface area (TPSA) is 172 Å². The van der Waals surface area contributed by atoms with Gasteiger partial charge in [-0.1, -0.05) is 35.9 Å². The molecule has 60 heavy (non-hydrogen) atoms. The van der Waals surface area contributed by atoms with Crippen LogP contribution in [0, 0.1) is 0 Å². The number of benzene rings is 2. The van der Waals surface area contributed by atoms with Crippen LogP contribution in [0.3, 0.4) is 0 Å². The van der Waals surface area contributed by atoms with Gasteiger partial charge >= 0.3 is 11.9 Å². The molecule has 1 N–H and O–H groups in total. The Morgan fingerprint density at radius 3 is 1.70 bits per heavy atom. The molecule has 2 aromatic carbocycles. The molecule has 7 rings (SSSR count). The van der Waals surface area contributed by atoms with Crippen molar-refractivity contribution in [1.29, 1.82) is 0 Å². The number of rotatable bonds is 14. The Morgan fingerprint density at radius 1 is 0.733 bits per heavy atom. The summed E-state index contributed by atoms with van der Waals surface area (Å²) in [6.45, 7) is 5.18. The van der Waals surface area contributed by atoms with Gasteiger partial charge in [-0.2, -0.15) is 5.10 Å². The highest BCUT2D eigenvalue weighted by Gasteiger charge is 2.21. The normalized spacial score (nSPS) is 10.8. The number of nitrogens with zero attached hydrogens (tertiary/aromatic N) is 9. The first-order valence-corrected chi connectivity index (χ1v) is 19.2. The predicted molar refractivity (Wildman–Crippen MR) is 228 cm³/mol. The minimum absolute atomic E-state index is 0.195. The van der Waals surface area contributed by atoms with Crippen LogP contribution >= 0.6 is 11.6 Å². The molecule has 7 aromatic rings. The van der Waals surface area contributed by atoms with Gasteiger partial charge in [-0.15, -0.1) is 5.10 Å². The number of pyridine rings is 1. The van der Waals surface area contributed by atoms with Crippen molar-refractivity contribution in [2.45, 2.75) is 26.9 Å². The fourth-order valence-electron chi connectivity index (χ4n) is 6.20. The Labute approximate surface area is 350 Å². The number of anilines is 4. The summed E-state index contributed by atoms with van der Waals surface area (Å²) in [6, 6.07) is 22.5. The molecule has 0 fully saturated rings. The van der Waals surface area contributed by atoms with Crippen molar-refractivity contribution in [2.75, 3.05) is 56.6 Å². The Balaban J connectivity index is 0.000000209. The summed E-state index contributed by atoms with van der Waals surface area (Å²) in [5.74, 6) is 0.951. The van der Waals surface area contributed by atoms with Gasteiger partial charge in [-0.3, -0.25) is 4.79 Å². The molecule has 18 heteroatoms. The van der Waals surface area contributed by atoms with Crippen molar-refractivity contribution in [3.05, 3.63) is 129 Å². The monoisotopic (exact) mass is 836 g/mol. The second-order valence-electron chi connectivity index (χ2n) is 13.3. The van der Waals surface area contributed by atoms with E-state index in [4.69, 9.17) is 30.5 Å². The van der Waals surface area contributed by atoms with Gasteiger partial charge in [-0.25, -0.2) is 28.6 Å². The third-order valence-corrected chi connectivity index (χ3v) is 9.39. The molecule has 0 radical (unpaired) electrons. The molecular weight excluding hydrogens is 792 g/mol. The third kappa shape index (κ3) is 9.58. The quantitative estimate of drug-likeness (QED) is 0.123. The Hall–Kier alpha value is -7.14. The van der Waals surface area contributed by atoms with Gasteiger partial charge in [0.15, 0.2) is 33.7 Å². The lowest BCUT2D eigenvalue weighted by Crippen LogP contribution is -2.21. The summed E-state index contributed by atoms with van der Waals surface area (Å²) in [4.78, 5) is 49.8. The van der Waals surface area contributed by atoms with Crippen LogP contribution in [-0.2, 0) is 29.6 Å². The van der Waals surface area contributed by atoms with E-state index in [1.807, 2.05) is 72.4 Å². The van der Waals surface area contributed by atoms with Crippen molar-refractivity contribution in [2.24, 2.45) is 7.05 Å². The van der Waals surface area contributed by atoms with Crippen LogP contribution in [0.25, 0.3) is 11.3 Å². The molecule has 0 aliphatic carbocycles. The average Bonchev–Trinajstić information content (AvgIpc) is 3.88. The average molecular weight is 837 g/mol. The molecule has 0 aliphatic heterocycles. The number of esters is 2. The summed E-state index contributed by atoms with van der Waals surface area (Å²) < 4.78 is 25.0. The fraction of sp³-hybridized carbons (Fsp3) is 0.262. The zero-order valence-corrected chi connectivity index (χ0v) is 35.0. The molecule has 17 nitrogen and oxygen atoms in total. The third-order valence-electron chi connectivity index (χ3n) is 9.20. The maximum atomic E-state index is 12.5. The van der Waals surface area contributed by atoms with Crippen LogP contribution in [0.1, 0.15) is 46.0 Å². The number of carbonyl (C=O) groups excluding carboxylic acids is 2. The number of methoxy groups -OCH3 is 2. The van der Waals surface area contributed by atoms with Crippen molar-refractivity contribution in [3.8, 4) is 11.5 Å². The van der Waals surface area contributed by atoms with Crippen LogP contribution in [0.4, 0.5) is 22.9 Å². The van der Waals surface area contributed by atoms with E-state index >= 15 is 0 Å². The summed E-state index contributed by atoms with van der Waals surface area (Å²) in [6.07, 6.45) is 4.56. The summed E-state index contributed by atoms with van der Waals surface area (Å²) >= 11 is 6.17.